The van der Waals surface area contributed by atoms with Crippen molar-refractivity contribution in [3.05, 3.63) is 0 Å². The second-order valence-electron chi connectivity index (χ2n) is 3.86. The maximum atomic E-state index is 11.4. The van der Waals surface area contributed by atoms with Gasteiger partial charge in [-0.15, -0.1) is 5.10 Å². The number of amides is 1. The highest BCUT2D eigenvalue weighted by Gasteiger charge is 2.28. The smallest absolute Gasteiger partial charge is 0.315 e. The number of hydrogen-bond donors (Lipinski definition) is 1. The van der Waals surface area contributed by atoms with Crippen molar-refractivity contribution in [2.75, 3.05) is 13.6 Å². The lowest BCUT2D eigenvalue weighted by molar-refractivity contribution is -0.136. The summed E-state index contributed by atoms with van der Waals surface area (Å²) in [4.78, 5) is 24.0. The first kappa shape index (κ1) is 13.3. The van der Waals surface area contributed by atoms with E-state index in [9.17, 15) is 9.59 Å². The van der Waals surface area contributed by atoms with Gasteiger partial charge in [0.1, 0.15) is 0 Å². The van der Waals surface area contributed by atoms with E-state index in [2.05, 4.69) is 15.5 Å². The predicted octanol–water partition coefficient (Wildman–Crippen LogP) is -0.268. The van der Waals surface area contributed by atoms with Gasteiger partial charge in [-0.2, -0.15) is 5.10 Å². The van der Waals surface area contributed by atoms with E-state index in [1.807, 2.05) is 0 Å². The quantitative estimate of drug-likeness (QED) is 0.317. The molecular weight excluding hydrogens is 224 g/mol. The molecule has 7 nitrogen and oxygen atoms in total. The monoisotopic (exact) mass is 240 g/mol. The van der Waals surface area contributed by atoms with Gasteiger partial charge in [-0.3, -0.25) is 14.9 Å². The van der Waals surface area contributed by atoms with Crippen LogP contribution >= 0.6 is 0 Å². The number of likely N-dealkylation sites (N-methyl/N-ethyl adjacent to an activating group) is 1. The lowest BCUT2D eigenvalue weighted by atomic mass is 10.3. The Morgan fingerprint density at radius 3 is 2.88 bits per heavy atom. The number of esters is 1. The molecule has 0 bridgehead atoms. The molecule has 0 saturated carbocycles. The fraction of sp³-hybridized carbons (Fsp3) is 0.600. The summed E-state index contributed by atoms with van der Waals surface area (Å²) in [6, 6.07) is 0. The van der Waals surface area contributed by atoms with Gasteiger partial charge in [0.2, 0.25) is 12.3 Å². The van der Waals surface area contributed by atoms with Crippen molar-refractivity contribution in [2.24, 2.45) is 10.2 Å². The summed E-state index contributed by atoms with van der Waals surface area (Å²) in [5.74, 6) is -0.501. The highest BCUT2D eigenvalue weighted by Crippen LogP contribution is 2.06. The van der Waals surface area contributed by atoms with Crippen molar-refractivity contribution >= 4 is 24.0 Å². The molecule has 1 N–H and O–H groups in total. The molecule has 1 unspecified atom stereocenters. The van der Waals surface area contributed by atoms with Crippen molar-refractivity contribution < 1.29 is 14.3 Å². The topological polar surface area (TPSA) is 83.4 Å². The van der Waals surface area contributed by atoms with Crippen molar-refractivity contribution in [2.45, 2.75) is 26.4 Å². The molecule has 1 aliphatic heterocycles. The number of carbonyl (C=O) groups excluding carboxylic acids is 2. The molecule has 0 aliphatic carbocycles. The maximum Gasteiger partial charge on any atom is 0.315 e. The largest absolute Gasteiger partial charge is 0.413 e. The maximum absolute atomic E-state index is 11.4. The zero-order valence-corrected chi connectivity index (χ0v) is 10.1. The van der Waals surface area contributed by atoms with Gasteiger partial charge < -0.3 is 9.64 Å². The molecule has 1 amide bonds. The summed E-state index contributed by atoms with van der Waals surface area (Å²) in [5, 5.41) is 10.1. The highest BCUT2D eigenvalue weighted by atomic mass is 16.5. The van der Waals surface area contributed by atoms with E-state index >= 15 is 0 Å². The summed E-state index contributed by atoms with van der Waals surface area (Å²) < 4.78 is 4.72. The Bertz CT molecular complexity index is 361. The molecule has 0 aromatic rings. The molecule has 1 aliphatic rings. The second-order valence-corrected chi connectivity index (χ2v) is 3.86. The summed E-state index contributed by atoms with van der Waals surface area (Å²) in [7, 11) is 1.64. The van der Waals surface area contributed by atoms with E-state index in [1.54, 1.807) is 20.9 Å². The standard InChI is InChI=1S/C10H16N4O3/c1-7(2)13-12-6-17-10(16)4-8-11-5-9(15)14(8)3/h6,8,11H,4-5H2,1-3H3/b12-6+. The van der Waals surface area contributed by atoms with Crippen LogP contribution in [0, 0.1) is 0 Å². The van der Waals surface area contributed by atoms with Crippen LogP contribution in [0.1, 0.15) is 20.3 Å². The lowest BCUT2D eigenvalue weighted by Crippen LogP contribution is -2.36. The fourth-order valence-electron chi connectivity index (χ4n) is 1.28. The van der Waals surface area contributed by atoms with Gasteiger partial charge in [0.25, 0.3) is 0 Å². The molecule has 1 heterocycles. The van der Waals surface area contributed by atoms with E-state index in [0.29, 0.717) is 0 Å². The predicted molar refractivity (Wildman–Crippen MR) is 62.5 cm³/mol. The second kappa shape index (κ2) is 6.09. The molecule has 0 aromatic carbocycles. The van der Waals surface area contributed by atoms with Crippen LogP contribution < -0.4 is 5.32 Å². The highest BCUT2D eigenvalue weighted by molar-refractivity contribution is 5.83. The van der Waals surface area contributed by atoms with E-state index in [-0.39, 0.29) is 25.0 Å². The molecular formula is C10H16N4O3. The zero-order chi connectivity index (χ0) is 12.8. The van der Waals surface area contributed by atoms with Crippen LogP contribution in [0.4, 0.5) is 0 Å². The third kappa shape index (κ3) is 4.31. The molecule has 1 atom stereocenters. The number of ether oxygens (including phenoxy) is 1. The molecule has 1 rings (SSSR count). The van der Waals surface area contributed by atoms with Gasteiger partial charge >= 0.3 is 5.97 Å². The van der Waals surface area contributed by atoms with Crippen LogP contribution in [0.3, 0.4) is 0 Å². The SMILES string of the molecule is CC(C)=N/N=C/OC(=O)CC1NCC(=O)N1C. The van der Waals surface area contributed by atoms with Gasteiger partial charge in [0, 0.05) is 12.8 Å². The van der Waals surface area contributed by atoms with E-state index in [0.717, 1.165) is 12.1 Å². The summed E-state index contributed by atoms with van der Waals surface area (Å²) >= 11 is 0. The van der Waals surface area contributed by atoms with Crippen LogP contribution in [0.5, 0.6) is 0 Å². The summed E-state index contributed by atoms with van der Waals surface area (Å²) in [5.41, 5.74) is 0.764. The van der Waals surface area contributed by atoms with Gasteiger partial charge in [0.15, 0.2) is 0 Å². The number of hydrogen-bond acceptors (Lipinski definition) is 6. The van der Waals surface area contributed by atoms with E-state index < -0.39 is 5.97 Å². The minimum atomic E-state index is -0.461. The Morgan fingerprint density at radius 1 is 1.65 bits per heavy atom. The number of nitrogens with one attached hydrogen (secondary N) is 1. The van der Waals surface area contributed by atoms with E-state index in [4.69, 9.17) is 4.74 Å². The van der Waals surface area contributed by atoms with Crippen LogP contribution in [-0.4, -0.2) is 48.6 Å². The first-order chi connectivity index (χ1) is 8.00. The van der Waals surface area contributed by atoms with Gasteiger partial charge in [-0.25, -0.2) is 0 Å². The molecule has 0 aromatic heterocycles. The third-order valence-electron chi connectivity index (χ3n) is 2.20. The number of rotatable bonds is 4. The van der Waals surface area contributed by atoms with Gasteiger partial charge in [0.05, 0.1) is 19.1 Å². The minimum absolute atomic E-state index is 0.0392. The van der Waals surface area contributed by atoms with Crippen molar-refractivity contribution in [3.8, 4) is 0 Å². The molecule has 1 saturated heterocycles. The van der Waals surface area contributed by atoms with Gasteiger partial charge in [-0.1, -0.05) is 0 Å². The van der Waals surface area contributed by atoms with Crippen molar-refractivity contribution in [1.82, 2.24) is 10.2 Å². The molecule has 17 heavy (non-hydrogen) atoms. The first-order valence-corrected chi connectivity index (χ1v) is 5.22. The molecule has 7 heteroatoms. The first-order valence-electron chi connectivity index (χ1n) is 5.22. The Hall–Kier alpha value is -1.76. The van der Waals surface area contributed by atoms with Crippen molar-refractivity contribution in [1.29, 1.82) is 0 Å². The zero-order valence-electron chi connectivity index (χ0n) is 10.1. The molecule has 0 radical (unpaired) electrons. The number of carbonyl (C=O) groups is 2. The molecule has 0 spiro atoms. The fourth-order valence-corrected chi connectivity index (χ4v) is 1.28. The Balaban J connectivity index is 2.33. The number of nitrogens with zero attached hydrogens (tertiary/aromatic N) is 3. The van der Waals surface area contributed by atoms with Crippen LogP contribution in [0.2, 0.25) is 0 Å². The van der Waals surface area contributed by atoms with E-state index in [1.165, 1.54) is 4.90 Å². The summed E-state index contributed by atoms with van der Waals surface area (Å²) in [6.07, 6.45) is 0.773. The normalized spacial score (nSPS) is 19.8. The Morgan fingerprint density at radius 2 is 2.35 bits per heavy atom. The molecule has 94 valence electrons. The average Bonchev–Trinajstić information content (AvgIpc) is 2.56. The third-order valence-corrected chi connectivity index (χ3v) is 2.20. The molecule has 1 fully saturated rings. The van der Waals surface area contributed by atoms with Crippen LogP contribution in [0.15, 0.2) is 10.2 Å². The minimum Gasteiger partial charge on any atom is -0.413 e. The van der Waals surface area contributed by atoms with Gasteiger partial charge in [-0.05, 0) is 13.8 Å². The van der Waals surface area contributed by atoms with Crippen molar-refractivity contribution in [3.63, 3.8) is 0 Å². The Labute approximate surface area is 99.5 Å². The van der Waals surface area contributed by atoms with Crippen LogP contribution in [0.25, 0.3) is 0 Å². The lowest BCUT2D eigenvalue weighted by Gasteiger charge is -2.17. The van der Waals surface area contributed by atoms with Crippen LogP contribution in [-0.2, 0) is 14.3 Å². The summed E-state index contributed by atoms with van der Waals surface area (Å²) in [6.45, 7) is 3.81. The average molecular weight is 240 g/mol. The Kier molecular flexibility index (Phi) is 4.77.